The molecule has 2 amide bonds. The molecule has 0 unspecified atom stereocenters. The summed E-state index contributed by atoms with van der Waals surface area (Å²) >= 11 is 5.90. The number of carbonyl (C=O) groups excluding carboxylic acids is 2. The van der Waals surface area contributed by atoms with E-state index in [1.54, 1.807) is 11.0 Å². The number of likely N-dealkylation sites (tertiary alicyclic amines) is 1. The third-order valence-corrected chi connectivity index (χ3v) is 8.01. The molecule has 1 aromatic carbocycles. The van der Waals surface area contributed by atoms with Crippen LogP contribution in [-0.4, -0.2) is 75.5 Å². The lowest BCUT2D eigenvalue weighted by atomic mass is 9.94. The van der Waals surface area contributed by atoms with E-state index in [4.69, 9.17) is 11.6 Å². The Morgan fingerprint density at radius 3 is 2.35 bits per heavy atom. The minimum atomic E-state index is -0.708. The van der Waals surface area contributed by atoms with Gasteiger partial charge in [-0.15, -0.1) is 0 Å². The highest BCUT2D eigenvalue weighted by Crippen LogP contribution is 2.30. The van der Waals surface area contributed by atoms with Gasteiger partial charge in [-0.05, 0) is 62.9 Å². The lowest BCUT2D eigenvalue weighted by Crippen LogP contribution is -2.46. The molecule has 5 rings (SSSR count). The highest BCUT2D eigenvalue weighted by molar-refractivity contribution is 6.30. The summed E-state index contributed by atoms with van der Waals surface area (Å²) in [4.78, 5) is 46.2. The lowest BCUT2D eigenvalue weighted by molar-refractivity contribution is 0.0691. The largest absolute Gasteiger partial charge is 0.502 e. The number of nitrogens with zero attached hydrogens (tertiary/aromatic N) is 4. The Balaban J connectivity index is 1.46. The number of benzene rings is 1. The average molecular weight is 531 g/mol. The number of hydrogen-bond donors (Lipinski definition) is 1. The summed E-state index contributed by atoms with van der Waals surface area (Å²) in [6.45, 7) is 4.78. The molecule has 3 aliphatic rings. The molecule has 0 aliphatic carbocycles. The summed E-state index contributed by atoms with van der Waals surface area (Å²) in [7, 11) is 0. The van der Waals surface area contributed by atoms with Gasteiger partial charge in [0.05, 0.1) is 10.6 Å². The number of aromatic hydroxyl groups is 1. The van der Waals surface area contributed by atoms with Crippen LogP contribution in [-0.2, 0) is 19.5 Å². The van der Waals surface area contributed by atoms with E-state index in [1.807, 2.05) is 0 Å². The number of pyridine rings is 1. The van der Waals surface area contributed by atoms with E-state index in [1.165, 1.54) is 40.9 Å². The number of amides is 2. The zero-order valence-corrected chi connectivity index (χ0v) is 21.6. The Hall–Kier alpha value is -2.91. The van der Waals surface area contributed by atoms with Crippen molar-refractivity contribution in [1.82, 2.24) is 19.3 Å². The predicted octanol–water partition coefficient (Wildman–Crippen LogP) is 3.27. The summed E-state index contributed by atoms with van der Waals surface area (Å²) in [5.41, 5.74) is 0.491. The van der Waals surface area contributed by atoms with Crippen LogP contribution in [0.3, 0.4) is 0 Å². The second kappa shape index (κ2) is 10.8. The van der Waals surface area contributed by atoms with E-state index >= 15 is 0 Å². The zero-order valence-electron chi connectivity index (χ0n) is 20.8. The van der Waals surface area contributed by atoms with E-state index in [2.05, 4.69) is 4.90 Å². The lowest BCUT2D eigenvalue weighted by Gasteiger charge is -2.34. The molecule has 8 nitrogen and oxygen atoms in total. The Morgan fingerprint density at radius 2 is 1.59 bits per heavy atom. The van der Waals surface area contributed by atoms with Crippen LogP contribution in [0, 0.1) is 5.82 Å². The Morgan fingerprint density at radius 1 is 0.865 bits per heavy atom. The first-order chi connectivity index (χ1) is 17.8. The smallest absolute Gasteiger partial charge is 0.294 e. The summed E-state index contributed by atoms with van der Waals surface area (Å²) in [5.74, 6) is -1.93. The van der Waals surface area contributed by atoms with Gasteiger partial charge in [-0.3, -0.25) is 14.4 Å². The van der Waals surface area contributed by atoms with Crippen molar-refractivity contribution in [2.45, 2.75) is 51.6 Å². The van der Waals surface area contributed by atoms with Gasteiger partial charge in [0.1, 0.15) is 11.5 Å². The van der Waals surface area contributed by atoms with Gasteiger partial charge in [-0.25, -0.2) is 4.39 Å². The van der Waals surface area contributed by atoms with Crippen LogP contribution >= 0.6 is 11.6 Å². The standard InChI is InChI=1S/C27H32ClFN4O4/c28-20-16-18(6-7-21(20)29)17-32-13-8-19-22(25(32)35)24(34)27(37)33-12-5-4-11-31(26(36)23(19)33)15-14-30-9-2-1-3-10-30/h6-7,16,34H,1-5,8-15,17H2. The predicted molar refractivity (Wildman–Crippen MR) is 138 cm³/mol. The summed E-state index contributed by atoms with van der Waals surface area (Å²) < 4.78 is 14.9. The Bertz CT molecular complexity index is 1270. The second-order valence-corrected chi connectivity index (χ2v) is 10.5. The highest BCUT2D eigenvalue weighted by atomic mass is 35.5. The molecular weight excluding hydrogens is 499 g/mol. The van der Waals surface area contributed by atoms with E-state index in [0.717, 1.165) is 26.1 Å². The molecule has 1 aromatic heterocycles. The van der Waals surface area contributed by atoms with Gasteiger partial charge in [-0.1, -0.05) is 24.1 Å². The molecule has 10 heteroatoms. The van der Waals surface area contributed by atoms with Gasteiger partial charge in [0.2, 0.25) is 0 Å². The topological polar surface area (TPSA) is 86.1 Å². The SMILES string of the molecule is O=C1c2c(c3n(c(=O)c2O)CCCCN(CCN2CCCCC2)C3=O)CCN1Cc1ccc(F)c(Cl)c1. The fourth-order valence-electron chi connectivity index (χ4n) is 5.69. The maximum absolute atomic E-state index is 13.8. The number of rotatable bonds is 5. The molecule has 2 aromatic rings. The van der Waals surface area contributed by atoms with Gasteiger partial charge in [0.25, 0.3) is 17.4 Å². The molecule has 0 atom stereocenters. The number of piperidine rings is 1. The average Bonchev–Trinajstić information content (AvgIpc) is 2.89. The Labute approximate surface area is 220 Å². The molecular formula is C27H32ClFN4O4. The number of aromatic nitrogens is 1. The van der Waals surface area contributed by atoms with Crippen LogP contribution in [0.25, 0.3) is 0 Å². The van der Waals surface area contributed by atoms with Crippen LogP contribution in [0.4, 0.5) is 4.39 Å². The monoisotopic (exact) mass is 530 g/mol. The Kier molecular flexibility index (Phi) is 7.53. The van der Waals surface area contributed by atoms with E-state index in [-0.39, 0.29) is 28.7 Å². The van der Waals surface area contributed by atoms with Gasteiger partial charge in [0, 0.05) is 44.8 Å². The normalized spacial score (nSPS) is 18.9. The molecule has 0 bridgehead atoms. The van der Waals surface area contributed by atoms with Crippen molar-refractivity contribution >= 4 is 23.4 Å². The maximum atomic E-state index is 13.8. The summed E-state index contributed by atoms with van der Waals surface area (Å²) in [6.07, 6.45) is 5.37. The van der Waals surface area contributed by atoms with Gasteiger partial charge >= 0.3 is 0 Å². The molecule has 0 spiro atoms. The number of fused-ring (bicyclic) bond motifs is 3. The van der Waals surface area contributed by atoms with Crippen molar-refractivity contribution in [2.24, 2.45) is 0 Å². The molecule has 1 saturated heterocycles. The quantitative estimate of drug-likeness (QED) is 0.641. The summed E-state index contributed by atoms with van der Waals surface area (Å²) in [5, 5.41) is 10.8. The first-order valence-corrected chi connectivity index (χ1v) is 13.5. The third-order valence-electron chi connectivity index (χ3n) is 7.72. The minimum absolute atomic E-state index is 0.0416. The third kappa shape index (κ3) is 5.11. The molecule has 1 fully saturated rings. The molecule has 3 aliphatic heterocycles. The van der Waals surface area contributed by atoms with Crippen LogP contribution in [0.5, 0.6) is 5.75 Å². The first kappa shape index (κ1) is 25.7. The van der Waals surface area contributed by atoms with Crippen LogP contribution in [0.2, 0.25) is 5.02 Å². The molecule has 1 N–H and O–H groups in total. The number of halogens is 2. The van der Waals surface area contributed by atoms with Crippen molar-refractivity contribution in [2.75, 3.05) is 39.3 Å². The van der Waals surface area contributed by atoms with Crippen molar-refractivity contribution in [3.8, 4) is 5.75 Å². The molecule has 37 heavy (non-hydrogen) atoms. The number of hydrogen-bond acceptors (Lipinski definition) is 5. The van der Waals surface area contributed by atoms with Crippen molar-refractivity contribution in [1.29, 1.82) is 0 Å². The van der Waals surface area contributed by atoms with Crippen molar-refractivity contribution in [3.05, 3.63) is 61.8 Å². The van der Waals surface area contributed by atoms with Gasteiger partial charge in [-0.2, -0.15) is 0 Å². The first-order valence-electron chi connectivity index (χ1n) is 13.1. The summed E-state index contributed by atoms with van der Waals surface area (Å²) in [6, 6.07) is 4.24. The maximum Gasteiger partial charge on any atom is 0.294 e. The fraction of sp³-hybridized carbons (Fsp3) is 0.519. The van der Waals surface area contributed by atoms with E-state index in [9.17, 15) is 23.9 Å². The molecule has 4 heterocycles. The van der Waals surface area contributed by atoms with Gasteiger partial charge in [0.15, 0.2) is 5.75 Å². The van der Waals surface area contributed by atoms with Crippen molar-refractivity contribution in [3.63, 3.8) is 0 Å². The van der Waals surface area contributed by atoms with Crippen LogP contribution < -0.4 is 5.56 Å². The van der Waals surface area contributed by atoms with Crippen molar-refractivity contribution < 1.29 is 19.1 Å². The van der Waals surface area contributed by atoms with Crippen LogP contribution in [0.1, 0.15) is 64.1 Å². The van der Waals surface area contributed by atoms with E-state index < -0.39 is 23.0 Å². The van der Waals surface area contributed by atoms with Crippen LogP contribution in [0.15, 0.2) is 23.0 Å². The number of carbonyl (C=O) groups is 2. The second-order valence-electron chi connectivity index (χ2n) is 10.1. The molecule has 198 valence electrons. The van der Waals surface area contributed by atoms with E-state index in [0.29, 0.717) is 50.1 Å². The molecule has 0 saturated carbocycles. The molecule has 0 radical (unpaired) electrons. The highest BCUT2D eigenvalue weighted by Gasteiger charge is 2.36. The fourth-order valence-corrected chi connectivity index (χ4v) is 5.89. The van der Waals surface area contributed by atoms with Gasteiger partial charge < -0.3 is 24.4 Å². The zero-order chi connectivity index (χ0) is 26.1. The minimum Gasteiger partial charge on any atom is -0.502 e.